The van der Waals surface area contributed by atoms with Crippen molar-refractivity contribution < 1.29 is 14.2 Å². The number of hydrogen-bond donors (Lipinski definition) is 2. The molecule has 0 spiro atoms. The van der Waals surface area contributed by atoms with Crippen molar-refractivity contribution in [2.24, 2.45) is 5.73 Å². The highest BCUT2D eigenvalue weighted by Crippen LogP contribution is 2.33. The van der Waals surface area contributed by atoms with E-state index in [-0.39, 0.29) is 18.0 Å². The highest BCUT2D eigenvalue weighted by atomic mass is 79.9. The number of aliphatic hydroxyl groups is 1. The molecule has 21 heavy (non-hydrogen) atoms. The van der Waals surface area contributed by atoms with Crippen molar-refractivity contribution >= 4 is 15.9 Å². The van der Waals surface area contributed by atoms with Crippen LogP contribution in [0.25, 0.3) is 0 Å². The van der Waals surface area contributed by atoms with E-state index < -0.39 is 11.9 Å². The zero-order valence-electron chi connectivity index (χ0n) is 11.6. The molecule has 112 valence electrons. The average Bonchev–Trinajstić information content (AvgIpc) is 2.47. The van der Waals surface area contributed by atoms with E-state index in [1.807, 2.05) is 24.3 Å². The number of ether oxygens (including phenoxy) is 1. The molecule has 0 aliphatic heterocycles. The van der Waals surface area contributed by atoms with Gasteiger partial charge in [0.1, 0.15) is 11.6 Å². The summed E-state index contributed by atoms with van der Waals surface area (Å²) in [5, 5.41) is 10.5. The Kier molecular flexibility index (Phi) is 5.33. The third-order valence-electron chi connectivity index (χ3n) is 3.44. The van der Waals surface area contributed by atoms with E-state index in [0.29, 0.717) is 5.75 Å². The first kappa shape index (κ1) is 15.9. The van der Waals surface area contributed by atoms with E-state index in [2.05, 4.69) is 15.9 Å². The predicted octanol–water partition coefficient (Wildman–Crippen LogP) is 3.37. The molecule has 2 atom stereocenters. The largest absolute Gasteiger partial charge is 0.497 e. The molecular formula is C16H17BrFNO2. The third kappa shape index (κ3) is 3.61. The van der Waals surface area contributed by atoms with E-state index in [1.54, 1.807) is 6.07 Å². The first-order valence-corrected chi connectivity index (χ1v) is 7.33. The standard InChI is InChI=1S/C16H17BrFNO2/c1-21-12-5-6-13(15(18)8-12)16(20)14(9-19)10-3-2-4-11(17)7-10/h2-8,14,16,20H,9,19H2,1H3. The lowest BCUT2D eigenvalue weighted by Crippen LogP contribution is -2.21. The molecule has 3 N–H and O–H groups in total. The first-order chi connectivity index (χ1) is 10.1. The summed E-state index contributed by atoms with van der Waals surface area (Å²) in [5.74, 6) is -0.476. The summed E-state index contributed by atoms with van der Waals surface area (Å²) in [6, 6.07) is 11.9. The number of aliphatic hydroxyl groups excluding tert-OH is 1. The summed E-state index contributed by atoms with van der Waals surface area (Å²) in [7, 11) is 1.47. The van der Waals surface area contributed by atoms with Crippen LogP contribution in [-0.4, -0.2) is 18.8 Å². The fraction of sp³-hybridized carbons (Fsp3) is 0.250. The van der Waals surface area contributed by atoms with Crippen LogP contribution in [0.1, 0.15) is 23.1 Å². The Labute approximate surface area is 131 Å². The molecule has 3 nitrogen and oxygen atoms in total. The van der Waals surface area contributed by atoms with Gasteiger partial charge in [-0.25, -0.2) is 4.39 Å². The molecular weight excluding hydrogens is 337 g/mol. The molecule has 0 bridgehead atoms. The topological polar surface area (TPSA) is 55.5 Å². The Morgan fingerprint density at radius 1 is 1.29 bits per heavy atom. The number of methoxy groups -OCH3 is 1. The minimum absolute atomic E-state index is 0.211. The van der Waals surface area contributed by atoms with E-state index in [9.17, 15) is 9.50 Å². The van der Waals surface area contributed by atoms with Gasteiger partial charge in [0.15, 0.2) is 0 Å². The zero-order chi connectivity index (χ0) is 15.4. The van der Waals surface area contributed by atoms with Gasteiger partial charge < -0.3 is 15.6 Å². The first-order valence-electron chi connectivity index (χ1n) is 6.54. The van der Waals surface area contributed by atoms with E-state index >= 15 is 0 Å². The van der Waals surface area contributed by atoms with Gasteiger partial charge in [0.2, 0.25) is 0 Å². The van der Waals surface area contributed by atoms with Gasteiger partial charge in [-0.1, -0.05) is 28.1 Å². The van der Waals surface area contributed by atoms with E-state index in [4.69, 9.17) is 10.5 Å². The van der Waals surface area contributed by atoms with Crippen LogP contribution in [-0.2, 0) is 0 Å². The zero-order valence-corrected chi connectivity index (χ0v) is 13.2. The van der Waals surface area contributed by atoms with Crippen LogP contribution in [0.2, 0.25) is 0 Å². The van der Waals surface area contributed by atoms with Gasteiger partial charge in [0.05, 0.1) is 13.2 Å². The lowest BCUT2D eigenvalue weighted by Gasteiger charge is -2.23. The lowest BCUT2D eigenvalue weighted by molar-refractivity contribution is 0.143. The van der Waals surface area contributed by atoms with Crippen molar-refractivity contribution in [3.8, 4) is 5.75 Å². The second-order valence-electron chi connectivity index (χ2n) is 4.73. The van der Waals surface area contributed by atoms with Gasteiger partial charge in [-0.2, -0.15) is 0 Å². The fourth-order valence-electron chi connectivity index (χ4n) is 2.28. The Morgan fingerprint density at radius 3 is 2.62 bits per heavy atom. The van der Waals surface area contributed by atoms with Gasteiger partial charge in [0, 0.05) is 28.6 Å². The summed E-state index contributed by atoms with van der Waals surface area (Å²) in [4.78, 5) is 0. The summed E-state index contributed by atoms with van der Waals surface area (Å²) in [6.07, 6.45) is -1.02. The van der Waals surface area contributed by atoms with Crippen molar-refractivity contribution in [2.75, 3.05) is 13.7 Å². The van der Waals surface area contributed by atoms with Crippen LogP contribution < -0.4 is 10.5 Å². The summed E-state index contributed by atoms with van der Waals surface area (Å²) in [5.41, 5.74) is 6.85. The molecule has 0 aliphatic carbocycles. The lowest BCUT2D eigenvalue weighted by atomic mass is 9.89. The Balaban J connectivity index is 2.34. The molecule has 2 rings (SSSR count). The van der Waals surface area contributed by atoms with Crippen LogP contribution in [0.15, 0.2) is 46.9 Å². The number of halogens is 2. The van der Waals surface area contributed by atoms with Crippen molar-refractivity contribution in [1.29, 1.82) is 0 Å². The van der Waals surface area contributed by atoms with Crippen LogP contribution in [0.3, 0.4) is 0 Å². The maximum absolute atomic E-state index is 14.1. The Bertz CT molecular complexity index is 621. The van der Waals surface area contributed by atoms with E-state index in [0.717, 1.165) is 10.0 Å². The summed E-state index contributed by atoms with van der Waals surface area (Å²) >= 11 is 3.39. The normalized spacial score (nSPS) is 13.8. The third-order valence-corrected chi connectivity index (χ3v) is 3.93. The van der Waals surface area contributed by atoms with Gasteiger partial charge in [-0.3, -0.25) is 0 Å². The Morgan fingerprint density at radius 2 is 2.05 bits per heavy atom. The minimum atomic E-state index is -1.02. The average molecular weight is 354 g/mol. The molecule has 2 aromatic carbocycles. The van der Waals surface area contributed by atoms with Gasteiger partial charge >= 0.3 is 0 Å². The molecule has 0 saturated carbocycles. The number of benzene rings is 2. The molecule has 2 aromatic rings. The number of rotatable bonds is 5. The van der Waals surface area contributed by atoms with Crippen molar-refractivity contribution in [1.82, 2.24) is 0 Å². The number of nitrogens with two attached hydrogens (primary N) is 1. The van der Waals surface area contributed by atoms with Crippen LogP contribution >= 0.6 is 15.9 Å². The summed E-state index contributed by atoms with van der Waals surface area (Å²) in [6.45, 7) is 0.211. The van der Waals surface area contributed by atoms with Crippen molar-refractivity contribution in [3.05, 3.63) is 63.9 Å². The molecule has 5 heteroatoms. The second-order valence-corrected chi connectivity index (χ2v) is 5.65. The van der Waals surface area contributed by atoms with E-state index in [1.165, 1.54) is 19.2 Å². The van der Waals surface area contributed by atoms with Gasteiger partial charge in [-0.05, 0) is 29.8 Å². The number of hydrogen-bond acceptors (Lipinski definition) is 3. The monoisotopic (exact) mass is 353 g/mol. The predicted molar refractivity (Wildman–Crippen MR) is 83.8 cm³/mol. The maximum atomic E-state index is 14.1. The molecule has 0 radical (unpaired) electrons. The maximum Gasteiger partial charge on any atom is 0.132 e. The Hall–Kier alpha value is -1.43. The van der Waals surface area contributed by atoms with Crippen LogP contribution in [0.4, 0.5) is 4.39 Å². The fourth-order valence-corrected chi connectivity index (χ4v) is 2.69. The van der Waals surface area contributed by atoms with Crippen LogP contribution in [0, 0.1) is 5.82 Å². The molecule has 0 heterocycles. The summed E-state index contributed by atoms with van der Waals surface area (Å²) < 4.78 is 19.9. The van der Waals surface area contributed by atoms with Gasteiger partial charge in [0.25, 0.3) is 0 Å². The molecule has 0 fully saturated rings. The molecule has 2 unspecified atom stereocenters. The minimum Gasteiger partial charge on any atom is -0.497 e. The molecule has 0 aliphatic rings. The molecule has 0 amide bonds. The SMILES string of the molecule is COc1ccc(C(O)C(CN)c2cccc(Br)c2)c(F)c1. The van der Waals surface area contributed by atoms with Crippen LogP contribution in [0.5, 0.6) is 5.75 Å². The molecule has 0 saturated heterocycles. The smallest absolute Gasteiger partial charge is 0.132 e. The van der Waals surface area contributed by atoms with Crippen molar-refractivity contribution in [3.63, 3.8) is 0 Å². The highest BCUT2D eigenvalue weighted by Gasteiger charge is 2.24. The highest BCUT2D eigenvalue weighted by molar-refractivity contribution is 9.10. The second kappa shape index (κ2) is 7.02. The van der Waals surface area contributed by atoms with Crippen molar-refractivity contribution in [2.45, 2.75) is 12.0 Å². The van der Waals surface area contributed by atoms with Gasteiger partial charge in [-0.15, -0.1) is 0 Å². The molecule has 0 aromatic heterocycles. The quantitative estimate of drug-likeness (QED) is 0.866.